The van der Waals surface area contributed by atoms with Crippen molar-refractivity contribution >= 4 is 11.0 Å². The fraction of sp³-hybridized carbons (Fsp3) is 0.273. The molecular formula is C11H13N3O. The molecule has 4 heteroatoms. The van der Waals surface area contributed by atoms with Crippen LogP contribution in [0.25, 0.3) is 11.0 Å². The first kappa shape index (κ1) is 9.71. The molecule has 0 fully saturated rings. The summed E-state index contributed by atoms with van der Waals surface area (Å²) in [6, 6.07) is 5.69. The predicted molar refractivity (Wildman–Crippen MR) is 60.8 cm³/mol. The van der Waals surface area contributed by atoms with E-state index in [4.69, 9.17) is 0 Å². The van der Waals surface area contributed by atoms with Crippen molar-refractivity contribution in [2.45, 2.75) is 6.92 Å². The van der Waals surface area contributed by atoms with Crippen molar-refractivity contribution in [1.82, 2.24) is 9.66 Å². The fourth-order valence-electron chi connectivity index (χ4n) is 1.63. The van der Waals surface area contributed by atoms with Crippen LogP contribution in [0.5, 0.6) is 0 Å². The third-order valence-electron chi connectivity index (χ3n) is 2.32. The molecule has 78 valence electrons. The van der Waals surface area contributed by atoms with E-state index in [1.807, 2.05) is 39.2 Å². The van der Waals surface area contributed by atoms with Crippen LogP contribution in [0.3, 0.4) is 0 Å². The monoisotopic (exact) mass is 203 g/mol. The first-order valence-electron chi connectivity index (χ1n) is 4.76. The Morgan fingerprint density at radius 2 is 2.13 bits per heavy atom. The van der Waals surface area contributed by atoms with E-state index in [9.17, 15) is 4.79 Å². The molecule has 0 N–H and O–H groups in total. The Kier molecular flexibility index (Phi) is 2.19. The van der Waals surface area contributed by atoms with Crippen LogP contribution in [0.2, 0.25) is 0 Å². The number of aromatic nitrogens is 2. The van der Waals surface area contributed by atoms with E-state index in [1.165, 1.54) is 0 Å². The van der Waals surface area contributed by atoms with E-state index in [0.717, 1.165) is 10.9 Å². The number of pyridine rings is 2. The summed E-state index contributed by atoms with van der Waals surface area (Å²) >= 11 is 0. The van der Waals surface area contributed by atoms with E-state index in [1.54, 1.807) is 15.9 Å². The van der Waals surface area contributed by atoms with Crippen LogP contribution in [0.4, 0.5) is 0 Å². The Morgan fingerprint density at radius 1 is 1.40 bits per heavy atom. The van der Waals surface area contributed by atoms with Gasteiger partial charge in [0.2, 0.25) is 0 Å². The molecule has 2 aromatic rings. The highest BCUT2D eigenvalue weighted by Crippen LogP contribution is 2.09. The Bertz CT molecular complexity index is 557. The lowest BCUT2D eigenvalue weighted by Gasteiger charge is -2.18. The normalized spacial score (nSPS) is 10.6. The summed E-state index contributed by atoms with van der Waals surface area (Å²) in [5.74, 6) is 0. The molecule has 0 unspecified atom stereocenters. The summed E-state index contributed by atoms with van der Waals surface area (Å²) in [7, 11) is 3.66. The van der Waals surface area contributed by atoms with Gasteiger partial charge < -0.3 is 5.01 Å². The van der Waals surface area contributed by atoms with Gasteiger partial charge in [0.25, 0.3) is 5.56 Å². The number of hydrogen-bond donors (Lipinski definition) is 0. The number of fused-ring (bicyclic) bond motifs is 1. The molecule has 0 saturated heterocycles. The van der Waals surface area contributed by atoms with Crippen LogP contribution in [0, 0.1) is 6.92 Å². The average Bonchev–Trinajstić information content (AvgIpc) is 2.19. The fourth-order valence-corrected chi connectivity index (χ4v) is 1.63. The highest BCUT2D eigenvalue weighted by Gasteiger charge is 2.07. The van der Waals surface area contributed by atoms with Gasteiger partial charge in [0, 0.05) is 31.2 Å². The molecule has 0 aliphatic rings. The van der Waals surface area contributed by atoms with Crippen LogP contribution >= 0.6 is 0 Å². The van der Waals surface area contributed by atoms with Crippen LogP contribution in [-0.4, -0.2) is 23.8 Å². The van der Waals surface area contributed by atoms with E-state index in [2.05, 4.69) is 4.98 Å². The quantitative estimate of drug-likeness (QED) is 0.691. The summed E-state index contributed by atoms with van der Waals surface area (Å²) in [5.41, 5.74) is 1.40. The van der Waals surface area contributed by atoms with Crippen LogP contribution in [-0.2, 0) is 0 Å². The van der Waals surface area contributed by atoms with Crippen molar-refractivity contribution < 1.29 is 0 Å². The van der Waals surface area contributed by atoms with Crippen molar-refractivity contribution in [3.8, 4) is 0 Å². The maximum Gasteiger partial charge on any atom is 0.273 e. The lowest BCUT2D eigenvalue weighted by atomic mass is 10.2. The number of aryl methyl sites for hydroxylation is 1. The second kappa shape index (κ2) is 3.38. The van der Waals surface area contributed by atoms with Gasteiger partial charge in [0.15, 0.2) is 5.65 Å². The first-order chi connectivity index (χ1) is 7.11. The molecule has 0 spiro atoms. The largest absolute Gasteiger partial charge is 0.314 e. The molecule has 0 amide bonds. The topological polar surface area (TPSA) is 38.1 Å². The molecule has 2 heterocycles. The van der Waals surface area contributed by atoms with Gasteiger partial charge in [-0.3, -0.25) is 4.79 Å². The highest BCUT2D eigenvalue weighted by atomic mass is 16.1. The highest BCUT2D eigenvalue weighted by molar-refractivity contribution is 5.75. The second-order valence-corrected chi connectivity index (χ2v) is 3.71. The number of rotatable bonds is 1. The molecule has 0 aromatic carbocycles. The average molecular weight is 203 g/mol. The molecule has 0 atom stereocenters. The van der Waals surface area contributed by atoms with E-state index >= 15 is 0 Å². The van der Waals surface area contributed by atoms with Crippen molar-refractivity contribution in [3.05, 3.63) is 40.3 Å². The lowest BCUT2D eigenvalue weighted by Crippen LogP contribution is -2.37. The number of hydrogen-bond acceptors (Lipinski definition) is 3. The summed E-state index contributed by atoms with van der Waals surface area (Å²) in [6.45, 7) is 1.81. The SMILES string of the molecule is Cc1cc2cccnc2n(N(C)C)c1=O. The minimum absolute atomic E-state index is 0.0220. The van der Waals surface area contributed by atoms with E-state index < -0.39 is 0 Å². The molecular weight excluding hydrogens is 190 g/mol. The van der Waals surface area contributed by atoms with E-state index in [-0.39, 0.29) is 5.56 Å². The molecule has 15 heavy (non-hydrogen) atoms. The van der Waals surface area contributed by atoms with Crippen molar-refractivity contribution in [2.75, 3.05) is 19.1 Å². The zero-order valence-electron chi connectivity index (χ0n) is 9.06. The third-order valence-corrected chi connectivity index (χ3v) is 2.32. The lowest BCUT2D eigenvalue weighted by molar-refractivity contribution is 0.716. The molecule has 0 radical (unpaired) electrons. The summed E-state index contributed by atoms with van der Waals surface area (Å²) in [4.78, 5) is 16.1. The van der Waals surface area contributed by atoms with Gasteiger partial charge in [-0.25, -0.2) is 9.66 Å². The minimum atomic E-state index is -0.0220. The van der Waals surface area contributed by atoms with Crippen molar-refractivity contribution in [3.63, 3.8) is 0 Å². The van der Waals surface area contributed by atoms with Gasteiger partial charge in [-0.1, -0.05) is 0 Å². The zero-order chi connectivity index (χ0) is 11.0. The Balaban J connectivity index is 2.96. The summed E-state index contributed by atoms with van der Waals surface area (Å²) in [5, 5.41) is 2.72. The van der Waals surface area contributed by atoms with Crippen molar-refractivity contribution in [1.29, 1.82) is 0 Å². The maximum atomic E-state index is 11.9. The van der Waals surface area contributed by atoms with Gasteiger partial charge in [-0.05, 0) is 25.1 Å². The Labute approximate surface area is 87.7 Å². The number of nitrogens with zero attached hydrogens (tertiary/aromatic N) is 3. The molecule has 0 bridgehead atoms. The molecule has 0 saturated carbocycles. The van der Waals surface area contributed by atoms with Crippen molar-refractivity contribution in [2.24, 2.45) is 0 Å². The summed E-state index contributed by atoms with van der Waals surface area (Å²) < 4.78 is 1.57. The zero-order valence-corrected chi connectivity index (χ0v) is 9.06. The van der Waals surface area contributed by atoms with Gasteiger partial charge in [-0.2, -0.15) is 0 Å². The Morgan fingerprint density at radius 3 is 2.80 bits per heavy atom. The first-order valence-corrected chi connectivity index (χ1v) is 4.76. The molecule has 4 nitrogen and oxygen atoms in total. The minimum Gasteiger partial charge on any atom is -0.314 e. The standard InChI is InChI=1S/C11H13N3O/c1-8-7-9-5-4-6-12-10(9)14(11(8)15)13(2)3/h4-7H,1-3H3. The smallest absolute Gasteiger partial charge is 0.273 e. The molecule has 2 aromatic heterocycles. The van der Waals surface area contributed by atoms with Gasteiger partial charge in [-0.15, -0.1) is 0 Å². The second-order valence-electron chi connectivity index (χ2n) is 3.71. The third kappa shape index (κ3) is 1.48. The van der Waals surface area contributed by atoms with Gasteiger partial charge in [0.05, 0.1) is 0 Å². The van der Waals surface area contributed by atoms with Crippen LogP contribution in [0.15, 0.2) is 29.2 Å². The molecule has 0 aliphatic carbocycles. The van der Waals surface area contributed by atoms with Gasteiger partial charge >= 0.3 is 0 Å². The summed E-state index contributed by atoms with van der Waals surface area (Å²) in [6.07, 6.45) is 1.69. The molecule has 2 rings (SSSR count). The predicted octanol–water partition coefficient (Wildman–Crippen LogP) is 0.903. The maximum absolute atomic E-state index is 11.9. The molecule has 0 aliphatic heterocycles. The van der Waals surface area contributed by atoms with Crippen LogP contribution in [0.1, 0.15) is 5.56 Å². The Hall–Kier alpha value is -1.84. The van der Waals surface area contributed by atoms with E-state index in [0.29, 0.717) is 5.65 Å². The van der Waals surface area contributed by atoms with Crippen LogP contribution < -0.4 is 10.6 Å². The van der Waals surface area contributed by atoms with Gasteiger partial charge in [0.1, 0.15) is 0 Å².